The van der Waals surface area contributed by atoms with Crippen LogP contribution in [0.2, 0.25) is 0 Å². The van der Waals surface area contributed by atoms with Gasteiger partial charge in [-0.1, -0.05) is 0 Å². The standard InChI is InChI=1S/C80H132N4O62/c1-18(95)81-35-22(99)5-79(77(122)123,143-59(35)39(103)24(101)7-85)145-64-45(109)30(13-91)130-73(55(64)119)136-57-32(15-93)134-69(37(83-20(3)97)61(57)138-71-52(116)48(112)41(105)26(9-87)128-71)141-66-50(114)43(107)28(11-89)132-75(66)126-17-34-47(111)63(54(118)68(121)127-34)140-76-67(51(115)44(108)29(12-90)133-76)142-70-38(84-21(4)98)62(139-72-53(117)49(113)42(106)27(10-88)129-72)58(33(16-94)135-70)137-74-56(120)65(46(110)31(14-92)131-74)146-80(78(124)125)6-23(100)36(82-19(2)96)60(144-80)40(104)25(102)8-86/h22-76,85-94,99-121H,5-17H2,1-4H3,(H,81,95)(H,82,96)(H,83,97)(H,84,98)(H,122,123)(H,124,125)/t22-,23-,24-,25-,26+,27+,28-,29+,30-,31-,32-,33+,34+,35+,36+,37+,38+,39+,40+,41-,42-,43-,44+,45+,46+,47+,48+,49+,50-,51-,52-,53-,54+,55+,56+,57-,58+,59-,60-,61+,62-,63+,64-,65-,66-,67-,68+,69+,70+,71+,72+,73+,74+,75+,76+,79-,80-/m0/s1. The number of carbonyl (C=O) groups is 6. The second-order valence-corrected chi connectivity index (χ2v) is 36.6. The lowest BCUT2D eigenvalue weighted by Crippen LogP contribution is -2.72. The SMILES string of the molecule is CC(=O)N[C@H]1[C@@H](O[C@@H]2[C@H](OC[C@H]3O[C@@H](O)[C@H](O)[C@H](O[C@H]4O[C@H](CO)[C@@H](O)[C@H](O)[C@@H]4O[C@H]4O[C@H](CO)[C@@H](O[C@H]5O[C@@H](CO)[C@@H](O)[C@H](O[C@]6(C(=O)O)C[C@H](O)[C@@H](NC(C)=O)[C@@H]([C@H](O)[C@@H](O)CO)O6)[C@H]5O)[C@@H](O[C@H]5O[C@H](CO)[C@H](O)[C@@H](O)[C@@H]5O)[C@H]4NC(C)=O)[C@@H]3O)O[C@@H](CO)[C@H](O)[C@@H]2O)O[C@@H](CO)[C@H](O[C@H]2O[C@@H](CO)[C@@H](O)[C@H](O[C@]3(C(=O)O)C[C@H](O)[C@@H](NC(C)=O)[C@@H]([C@H](O)[C@@H](O)CO)O3)[C@H]2O)[C@@H]1O[C@H]1O[C@H](CO)[C@H](O)[C@@H](O)[C@@H]1O. The summed E-state index contributed by atoms with van der Waals surface area (Å²) in [6, 6.07) is -8.16. The van der Waals surface area contributed by atoms with Crippen LogP contribution in [0.25, 0.3) is 0 Å². The van der Waals surface area contributed by atoms with Crippen molar-refractivity contribution in [3.05, 3.63) is 0 Å². The van der Waals surface area contributed by atoms with Gasteiger partial charge in [0.1, 0.15) is 256 Å². The summed E-state index contributed by atoms with van der Waals surface area (Å²) in [6.07, 6.45) is -122. The molecule has 39 N–H and O–H groups in total. The number of aliphatic carboxylic acids is 2. The van der Waals surface area contributed by atoms with Crippen molar-refractivity contribution >= 4 is 35.6 Å². The van der Waals surface area contributed by atoms with Gasteiger partial charge in [-0.3, -0.25) is 19.2 Å². The van der Waals surface area contributed by atoms with Crippen molar-refractivity contribution in [2.45, 2.75) is 389 Å². The Balaban J connectivity index is 0.889. The van der Waals surface area contributed by atoms with Crippen LogP contribution in [0, 0.1) is 0 Å². The van der Waals surface area contributed by atoms with E-state index in [1.54, 1.807) is 0 Å². The highest BCUT2D eigenvalue weighted by Gasteiger charge is 2.67. The van der Waals surface area contributed by atoms with Crippen LogP contribution in [-0.4, -0.2) is 636 Å². The number of carboxylic acids is 2. The zero-order chi connectivity index (χ0) is 108. The average Bonchev–Trinajstić information content (AvgIpc) is 0.750. The van der Waals surface area contributed by atoms with Gasteiger partial charge in [-0.25, -0.2) is 9.59 Å². The van der Waals surface area contributed by atoms with E-state index in [9.17, 15) is 207 Å². The van der Waals surface area contributed by atoms with Gasteiger partial charge in [0.05, 0.1) is 97.0 Å². The molecule has 0 unspecified atom stereocenters. The number of aliphatic hydroxyl groups excluding tert-OH is 33. The van der Waals surface area contributed by atoms with E-state index in [4.69, 9.17) is 99.5 Å². The van der Waals surface area contributed by atoms with Crippen LogP contribution in [0.4, 0.5) is 0 Å². The number of rotatable bonds is 41. The number of hydrogen-bond donors (Lipinski definition) is 39. The van der Waals surface area contributed by atoms with E-state index in [1.807, 2.05) is 0 Å². The fourth-order valence-electron chi connectivity index (χ4n) is 18.8. The molecule has 4 amide bonds. The first-order chi connectivity index (χ1) is 68.8. The molecule has 0 aromatic rings. The van der Waals surface area contributed by atoms with Crippen molar-refractivity contribution in [1.29, 1.82) is 0 Å². The topological polar surface area (TPSA) is 1050 Å². The van der Waals surface area contributed by atoms with E-state index in [2.05, 4.69) is 21.3 Å². The second-order valence-electron chi connectivity index (χ2n) is 36.6. The van der Waals surface area contributed by atoms with Crippen LogP contribution >= 0.6 is 0 Å². The lowest BCUT2D eigenvalue weighted by Gasteiger charge is -2.52. The minimum atomic E-state index is -3.41. The first-order valence-electron chi connectivity index (χ1n) is 45.9. The van der Waals surface area contributed by atoms with Gasteiger partial charge in [0.25, 0.3) is 11.6 Å². The van der Waals surface area contributed by atoms with Crippen molar-refractivity contribution in [2.24, 2.45) is 0 Å². The monoisotopic (exact) mass is 2140 g/mol. The Kier molecular flexibility index (Phi) is 42.9. The Labute approximate surface area is 823 Å². The van der Waals surface area contributed by atoms with Gasteiger partial charge in [0, 0.05) is 40.5 Å². The maximum atomic E-state index is 13.7. The van der Waals surface area contributed by atoms with Crippen LogP contribution in [-0.2, 0) is 128 Å². The van der Waals surface area contributed by atoms with Crippen molar-refractivity contribution in [3.8, 4) is 0 Å². The first-order valence-corrected chi connectivity index (χ1v) is 45.9. The van der Waals surface area contributed by atoms with Crippen LogP contribution in [0.5, 0.6) is 0 Å². The van der Waals surface area contributed by atoms with Gasteiger partial charge in [-0.05, 0) is 0 Å². The predicted molar refractivity (Wildman–Crippen MR) is 443 cm³/mol. The molecule has 11 heterocycles. The highest BCUT2D eigenvalue weighted by Crippen LogP contribution is 2.46. The number of carbonyl (C=O) groups excluding carboxylic acids is 4. The maximum Gasteiger partial charge on any atom is 0.364 e. The minimum absolute atomic E-state index is 0.805. The first kappa shape index (κ1) is 121. The van der Waals surface area contributed by atoms with Crippen molar-refractivity contribution in [1.82, 2.24) is 21.3 Å². The molecule has 0 aromatic heterocycles. The van der Waals surface area contributed by atoms with Crippen LogP contribution in [0.1, 0.15) is 40.5 Å². The molecule has 0 bridgehead atoms. The fraction of sp³-hybridized carbons (Fsp3) is 0.925. The Morgan fingerprint density at radius 2 is 0.555 bits per heavy atom. The maximum absolute atomic E-state index is 13.7. The summed E-state index contributed by atoms with van der Waals surface area (Å²) in [5.41, 5.74) is 0. The molecular formula is C80H132N4O62. The summed E-state index contributed by atoms with van der Waals surface area (Å²) in [7, 11) is 0. The Morgan fingerprint density at radius 3 is 0.884 bits per heavy atom. The molecule has 0 aliphatic carbocycles. The number of aliphatic hydroxyl groups is 33. The van der Waals surface area contributed by atoms with E-state index in [0.717, 1.165) is 27.7 Å². The molecule has 57 atom stereocenters. The molecule has 146 heavy (non-hydrogen) atoms. The molecule has 0 spiro atoms. The molecule has 844 valence electrons. The molecule has 11 aliphatic rings. The lowest BCUT2D eigenvalue weighted by molar-refractivity contribution is -0.404. The van der Waals surface area contributed by atoms with E-state index in [0.29, 0.717) is 0 Å². The van der Waals surface area contributed by atoms with Gasteiger partial charge in [-0.2, -0.15) is 0 Å². The quantitative estimate of drug-likeness (QED) is 0.0270. The van der Waals surface area contributed by atoms with Gasteiger partial charge < -0.3 is 299 Å². The number of nitrogens with one attached hydrogen (secondary N) is 4. The molecular weight excluding hydrogens is 2010 g/mol. The number of ether oxygens (including phenoxy) is 21. The number of carboxylic acid groups (broad SMARTS) is 2. The number of amides is 4. The molecule has 11 saturated heterocycles. The van der Waals surface area contributed by atoms with Gasteiger partial charge in [-0.15, -0.1) is 0 Å². The van der Waals surface area contributed by atoms with Crippen LogP contribution in [0.15, 0.2) is 0 Å². The zero-order valence-corrected chi connectivity index (χ0v) is 77.6. The molecule has 0 radical (unpaired) electrons. The fourth-order valence-corrected chi connectivity index (χ4v) is 18.8. The highest BCUT2D eigenvalue weighted by molar-refractivity contribution is 5.78. The summed E-state index contributed by atoms with van der Waals surface area (Å²) in [4.78, 5) is 79.1. The van der Waals surface area contributed by atoms with E-state index >= 15 is 0 Å². The van der Waals surface area contributed by atoms with Crippen molar-refractivity contribution < 1.29 is 307 Å². The largest absolute Gasteiger partial charge is 0.477 e. The summed E-state index contributed by atoms with van der Waals surface area (Å²) < 4.78 is 125. The third kappa shape index (κ3) is 26.0. The highest BCUT2D eigenvalue weighted by atomic mass is 16.8. The molecule has 66 heteroatoms. The summed E-state index contributed by atoms with van der Waals surface area (Å²) >= 11 is 0. The van der Waals surface area contributed by atoms with Gasteiger partial charge >= 0.3 is 11.9 Å². The van der Waals surface area contributed by atoms with Crippen LogP contribution in [0.3, 0.4) is 0 Å². The molecule has 0 aromatic carbocycles. The van der Waals surface area contributed by atoms with Gasteiger partial charge in [0.2, 0.25) is 23.6 Å². The average molecular weight is 2140 g/mol. The minimum Gasteiger partial charge on any atom is -0.477 e. The van der Waals surface area contributed by atoms with E-state index < -0.39 is 470 Å². The summed E-state index contributed by atoms with van der Waals surface area (Å²) in [5, 5.41) is 401. The van der Waals surface area contributed by atoms with Crippen molar-refractivity contribution in [3.63, 3.8) is 0 Å². The zero-order valence-electron chi connectivity index (χ0n) is 77.6. The molecule has 66 nitrogen and oxygen atoms in total. The van der Waals surface area contributed by atoms with E-state index in [-0.39, 0.29) is 0 Å². The van der Waals surface area contributed by atoms with Crippen LogP contribution < -0.4 is 21.3 Å². The second kappa shape index (κ2) is 51.8. The molecule has 11 rings (SSSR count). The Morgan fingerprint density at radius 1 is 0.281 bits per heavy atom. The Bertz CT molecular complexity index is 4140. The van der Waals surface area contributed by atoms with Crippen molar-refractivity contribution in [2.75, 3.05) is 72.7 Å². The normalized spacial score (nSPS) is 47.5. The summed E-state index contributed by atoms with van der Waals surface area (Å²) in [6.45, 7) is -10.6. The summed E-state index contributed by atoms with van der Waals surface area (Å²) in [5.74, 6) is -15.4. The smallest absolute Gasteiger partial charge is 0.364 e. The third-order valence-corrected chi connectivity index (χ3v) is 26.5. The predicted octanol–water partition coefficient (Wildman–Crippen LogP) is -26.0. The third-order valence-electron chi connectivity index (χ3n) is 26.5. The van der Waals surface area contributed by atoms with E-state index in [1.165, 1.54) is 0 Å². The molecule has 11 aliphatic heterocycles. The molecule has 11 fully saturated rings. The Hall–Kier alpha value is -5.34. The molecule has 0 saturated carbocycles. The lowest BCUT2D eigenvalue weighted by atomic mass is 9.88. The van der Waals surface area contributed by atoms with Gasteiger partial charge in [0.15, 0.2) is 56.6 Å². The number of hydrogen-bond acceptors (Lipinski definition) is 60.